The molecule has 0 radical (unpaired) electrons. The van der Waals surface area contributed by atoms with Gasteiger partial charge in [0.2, 0.25) is 0 Å². The van der Waals surface area contributed by atoms with Gasteiger partial charge in [-0.05, 0) is 0 Å². The van der Waals surface area contributed by atoms with Crippen LogP contribution in [0.3, 0.4) is 0 Å². The highest BCUT2D eigenvalue weighted by Gasteiger charge is 2.32. The molecule has 2 N–H and O–H groups in total. The number of hydrogen-bond donors (Lipinski definition) is 2. The molecule has 2 aliphatic rings. The average Bonchev–Trinajstić information content (AvgIpc) is 2.17. The Bertz CT molecular complexity index is 212. The zero-order valence-electron chi connectivity index (χ0n) is 7.40. The van der Waals surface area contributed by atoms with Gasteiger partial charge in [0.05, 0.1) is 0 Å². The van der Waals surface area contributed by atoms with Gasteiger partial charge in [0, 0.05) is 37.2 Å². The lowest BCUT2D eigenvalue weighted by atomic mass is 10.1. The number of rotatable bonds is 1. The molecule has 5 heteroatoms. The predicted molar refractivity (Wildman–Crippen MR) is 52.1 cm³/mol. The topological polar surface area (TPSA) is 52.6 Å². The number of carbonyl (C=O) groups is 1. The van der Waals surface area contributed by atoms with Gasteiger partial charge in [0.15, 0.2) is 0 Å². The number of carboxylic acid groups (broad SMARTS) is 1. The molecule has 2 atom stereocenters. The first-order chi connectivity index (χ1) is 6.27. The van der Waals surface area contributed by atoms with Crippen LogP contribution < -0.4 is 5.32 Å². The van der Waals surface area contributed by atoms with Crippen molar-refractivity contribution in [2.75, 3.05) is 31.1 Å². The number of fused-ring (bicyclic) bond motifs is 1. The first-order valence-electron chi connectivity index (χ1n) is 4.55. The maximum Gasteiger partial charge on any atom is 0.322 e. The lowest BCUT2D eigenvalue weighted by Gasteiger charge is -2.41. The summed E-state index contributed by atoms with van der Waals surface area (Å²) in [6, 6.07) is 0.189. The third-order valence-electron chi connectivity index (χ3n) is 2.66. The van der Waals surface area contributed by atoms with Crippen LogP contribution >= 0.6 is 11.8 Å². The number of hydrogen-bond acceptors (Lipinski definition) is 4. The van der Waals surface area contributed by atoms with Gasteiger partial charge < -0.3 is 10.4 Å². The molecule has 0 amide bonds. The maximum absolute atomic E-state index is 10.7. The molecule has 0 aromatic heterocycles. The summed E-state index contributed by atoms with van der Waals surface area (Å²) >= 11 is 1.96. The lowest BCUT2D eigenvalue weighted by molar-refractivity contribution is -0.141. The van der Waals surface area contributed by atoms with Crippen LogP contribution in [-0.2, 0) is 4.79 Å². The van der Waals surface area contributed by atoms with Crippen molar-refractivity contribution in [1.82, 2.24) is 10.2 Å². The Morgan fingerprint density at radius 1 is 1.62 bits per heavy atom. The van der Waals surface area contributed by atoms with Crippen molar-refractivity contribution in [2.45, 2.75) is 12.1 Å². The number of aliphatic carboxylic acids is 1. The molecule has 74 valence electrons. The molecule has 2 fully saturated rings. The van der Waals surface area contributed by atoms with E-state index in [1.54, 1.807) is 0 Å². The SMILES string of the molecule is O=C(O)[C@@H]1CN2CCSC[C@@H]2CN1. The molecule has 0 bridgehead atoms. The Kier molecular flexibility index (Phi) is 2.76. The van der Waals surface area contributed by atoms with Gasteiger partial charge in [-0.25, -0.2) is 0 Å². The minimum Gasteiger partial charge on any atom is -0.480 e. The standard InChI is InChI=1S/C8H14N2O2S/c11-8(12)7-4-10-1-2-13-5-6(10)3-9-7/h6-7,9H,1-5H2,(H,11,12)/t6-,7-/m0/s1. The van der Waals surface area contributed by atoms with Crippen molar-refractivity contribution in [1.29, 1.82) is 0 Å². The van der Waals surface area contributed by atoms with Crippen LogP contribution in [0.5, 0.6) is 0 Å². The van der Waals surface area contributed by atoms with Crippen molar-refractivity contribution >= 4 is 17.7 Å². The van der Waals surface area contributed by atoms with Crippen molar-refractivity contribution in [3.8, 4) is 0 Å². The van der Waals surface area contributed by atoms with E-state index in [0.29, 0.717) is 12.6 Å². The number of thioether (sulfide) groups is 1. The average molecular weight is 202 g/mol. The third-order valence-corrected chi connectivity index (χ3v) is 3.76. The number of nitrogens with one attached hydrogen (secondary N) is 1. The molecule has 0 aliphatic carbocycles. The molecule has 4 nitrogen and oxygen atoms in total. The molecular formula is C8H14N2O2S. The van der Waals surface area contributed by atoms with E-state index in [1.165, 1.54) is 0 Å². The molecular weight excluding hydrogens is 188 g/mol. The summed E-state index contributed by atoms with van der Waals surface area (Å²) in [4.78, 5) is 13.0. The highest BCUT2D eigenvalue weighted by atomic mass is 32.2. The van der Waals surface area contributed by atoms with Crippen LogP contribution in [0.4, 0.5) is 0 Å². The molecule has 2 rings (SSSR count). The number of nitrogens with zero attached hydrogens (tertiary/aromatic N) is 1. The Labute approximate surface area is 81.7 Å². The fourth-order valence-corrected chi connectivity index (χ4v) is 2.99. The summed E-state index contributed by atoms with van der Waals surface area (Å²) in [6.45, 7) is 2.53. The summed E-state index contributed by atoms with van der Waals surface area (Å²) in [6.07, 6.45) is 0. The molecule has 13 heavy (non-hydrogen) atoms. The second-order valence-electron chi connectivity index (χ2n) is 3.52. The summed E-state index contributed by atoms with van der Waals surface area (Å²) < 4.78 is 0. The van der Waals surface area contributed by atoms with Gasteiger partial charge >= 0.3 is 5.97 Å². The molecule has 0 unspecified atom stereocenters. The summed E-state index contributed by atoms with van der Waals surface area (Å²) in [5.74, 6) is 1.55. The first-order valence-corrected chi connectivity index (χ1v) is 5.71. The minimum atomic E-state index is -0.725. The highest BCUT2D eigenvalue weighted by molar-refractivity contribution is 7.99. The van der Waals surface area contributed by atoms with Crippen molar-refractivity contribution < 1.29 is 9.90 Å². The highest BCUT2D eigenvalue weighted by Crippen LogP contribution is 2.18. The van der Waals surface area contributed by atoms with Gasteiger partial charge in [0.25, 0.3) is 0 Å². The van der Waals surface area contributed by atoms with Gasteiger partial charge in [-0.1, -0.05) is 0 Å². The van der Waals surface area contributed by atoms with Crippen molar-refractivity contribution in [2.24, 2.45) is 0 Å². The summed E-state index contributed by atoms with van der Waals surface area (Å²) in [5.41, 5.74) is 0. The summed E-state index contributed by atoms with van der Waals surface area (Å²) in [7, 11) is 0. The van der Waals surface area contributed by atoms with E-state index in [-0.39, 0.29) is 6.04 Å². The Morgan fingerprint density at radius 2 is 2.46 bits per heavy atom. The summed E-state index contributed by atoms with van der Waals surface area (Å²) in [5, 5.41) is 11.9. The lowest BCUT2D eigenvalue weighted by Crippen LogP contribution is -2.61. The fourth-order valence-electron chi connectivity index (χ4n) is 1.86. The van der Waals surface area contributed by atoms with Crippen LogP contribution in [0.1, 0.15) is 0 Å². The van der Waals surface area contributed by atoms with Gasteiger partial charge in [0.1, 0.15) is 6.04 Å². The number of carboxylic acids is 1. The van der Waals surface area contributed by atoms with Crippen LogP contribution in [0.15, 0.2) is 0 Å². The largest absolute Gasteiger partial charge is 0.480 e. The van der Waals surface area contributed by atoms with E-state index in [2.05, 4.69) is 10.2 Å². The van der Waals surface area contributed by atoms with Gasteiger partial charge in [-0.2, -0.15) is 11.8 Å². The van der Waals surface area contributed by atoms with Crippen LogP contribution in [0.25, 0.3) is 0 Å². The molecule has 2 heterocycles. The fraction of sp³-hybridized carbons (Fsp3) is 0.875. The second-order valence-corrected chi connectivity index (χ2v) is 4.67. The monoisotopic (exact) mass is 202 g/mol. The van der Waals surface area contributed by atoms with Crippen molar-refractivity contribution in [3.05, 3.63) is 0 Å². The van der Waals surface area contributed by atoms with E-state index in [9.17, 15) is 4.79 Å². The van der Waals surface area contributed by atoms with E-state index in [1.807, 2.05) is 11.8 Å². The Balaban J connectivity index is 1.95. The van der Waals surface area contributed by atoms with Crippen LogP contribution in [0.2, 0.25) is 0 Å². The predicted octanol–water partition coefficient (Wildman–Crippen LogP) is -0.540. The number of piperazine rings is 1. The van der Waals surface area contributed by atoms with E-state index < -0.39 is 5.97 Å². The third kappa shape index (κ3) is 1.98. The smallest absolute Gasteiger partial charge is 0.322 e. The van der Waals surface area contributed by atoms with E-state index in [0.717, 1.165) is 24.6 Å². The minimum absolute atomic E-state index is 0.362. The van der Waals surface area contributed by atoms with E-state index >= 15 is 0 Å². The first kappa shape index (κ1) is 9.30. The zero-order chi connectivity index (χ0) is 9.26. The molecule has 2 aliphatic heterocycles. The Morgan fingerprint density at radius 3 is 3.23 bits per heavy atom. The van der Waals surface area contributed by atoms with Crippen molar-refractivity contribution in [3.63, 3.8) is 0 Å². The maximum atomic E-state index is 10.7. The zero-order valence-corrected chi connectivity index (χ0v) is 8.22. The van der Waals surface area contributed by atoms with Crippen LogP contribution in [-0.4, -0.2) is 59.2 Å². The van der Waals surface area contributed by atoms with Gasteiger partial charge in [-0.3, -0.25) is 9.69 Å². The molecule has 0 saturated carbocycles. The van der Waals surface area contributed by atoms with Crippen LogP contribution in [0, 0.1) is 0 Å². The molecule has 2 saturated heterocycles. The molecule has 0 spiro atoms. The molecule has 0 aromatic rings. The Hall–Kier alpha value is -0.260. The molecule has 0 aromatic carbocycles. The van der Waals surface area contributed by atoms with E-state index in [4.69, 9.17) is 5.11 Å². The normalized spacial score (nSPS) is 35.4. The quantitative estimate of drug-likeness (QED) is 0.598. The second kappa shape index (κ2) is 3.86. The van der Waals surface area contributed by atoms with Gasteiger partial charge in [-0.15, -0.1) is 0 Å².